The summed E-state index contributed by atoms with van der Waals surface area (Å²) in [4.78, 5) is 26.2. The first-order chi connectivity index (χ1) is 7.64. The van der Waals surface area contributed by atoms with Crippen LogP contribution in [0.1, 0.15) is 52.9 Å². The van der Waals surface area contributed by atoms with Gasteiger partial charge in [0.05, 0.1) is 16.8 Å². The van der Waals surface area contributed by atoms with Gasteiger partial charge in [-0.2, -0.15) is 0 Å². The van der Waals surface area contributed by atoms with Gasteiger partial charge in [-0.1, -0.05) is 20.8 Å². The molecule has 0 radical (unpaired) electrons. The maximum Gasteiger partial charge on any atom is 0.338 e. The minimum atomic E-state index is -1.27. The number of pyridine rings is 1. The number of hydrogen-bond donors (Lipinski definition) is 2. The average molecular weight is 237 g/mol. The number of rotatable bonds is 2. The Morgan fingerprint density at radius 1 is 1.18 bits per heavy atom. The van der Waals surface area contributed by atoms with Crippen molar-refractivity contribution in [3.8, 4) is 0 Å². The summed E-state index contributed by atoms with van der Waals surface area (Å²) in [5.41, 5.74) is 0.00608. The fourth-order valence-corrected chi connectivity index (χ4v) is 1.50. The standard InChI is InChI=1S/C12H15NO4/c1-6-9(11(16)17)7(10(14)15)5-8(13-6)12(2,3)4/h5H,1-4H3,(H,14,15)(H,16,17). The molecule has 0 spiro atoms. The second kappa shape index (κ2) is 4.16. The van der Waals surface area contributed by atoms with Crippen molar-refractivity contribution >= 4 is 11.9 Å². The summed E-state index contributed by atoms with van der Waals surface area (Å²) in [6.45, 7) is 7.17. The lowest BCUT2D eigenvalue weighted by molar-refractivity contribution is 0.0650. The highest BCUT2D eigenvalue weighted by molar-refractivity contribution is 6.02. The number of nitrogens with zero attached hydrogens (tertiary/aromatic N) is 1. The smallest absolute Gasteiger partial charge is 0.338 e. The Morgan fingerprint density at radius 2 is 1.71 bits per heavy atom. The molecule has 0 amide bonds. The van der Waals surface area contributed by atoms with E-state index < -0.39 is 11.9 Å². The maximum atomic E-state index is 11.1. The van der Waals surface area contributed by atoms with E-state index in [0.29, 0.717) is 5.69 Å². The molecule has 0 bridgehead atoms. The Morgan fingerprint density at radius 3 is 2.06 bits per heavy atom. The van der Waals surface area contributed by atoms with Crippen LogP contribution in [-0.4, -0.2) is 27.1 Å². The number of carboxylic acid groups (broad SMARTS) is 2. The van der Waals surface area contributed by atoms with E-state index in [1.54, 1.807) is 0 Å². The van der Waals surface area contributed by atoms with Gasteiger partial charge in [0, 0.05) is 11.1 Å². The van der Waals surface area contributed by atoms with Crippen LogP contribution in [0.3, 0.4) is 0 Å². The lowest BCUT2D eigenvalue weighted by Crippen LogP contribution is -2.19. The number of hydrogen-bond acceptors (Lipinski definition) is 3. The Kier molecular flexibility index (Phi) is 3.22. The van der Waals surface area contributed by atoms with Crippen molar-refractivity contribution in [1.29, 1.82) is 0 Å². The van der Waals surface area contributed by atoms with Crippen molar-refractivity contribution < 1.29 is 19.8 Å². The number of aromatic carboxylic acids is 2. The number of carboxylic acids is 2. The van der Waals surface area contributed by atoms with E-state index in [0.717, 1.165) is 0 Å². The van der Waals surface area contributed by atoms with E-state index in [9.17, 15) is 9.59 Å². The van der Waals surface area contributed by atoms with Crippen LogP contribution in [0.2, 0.25) is 0 Å². The van der Waals surface area contributed by atoms with Gasteiger partial charge in [-0.25, -0.2) is 9.59 Å². The number of aryl methyl sites for hydroxylation is 1. The molecular weight excluding hydrogens is 222 g/mol. The van der Waals surface area contributed by atoms with Crippen LogP contribution in [0.25, 0.3) is 0 Å². The quantitative estimate of drug-likeness (QED) is 0.822. The van der Waals surface area contributed by atoms with Crippen LogP contribution in [-0.2, 0) is 5.41 Å². The van der Waals surface area contributed by atoms with Gasteiger partial charge in [-0.3, -0.25) is 4.98 Å². The molecule has 0 saturated heterocycles. The molecular formula is C12H15NO4. The largest absolute Gasteiger partial charge is 0.478 e. The summed E-state index contributed by atoms with van der Waals surface area (Å²) >= 11 is 0. The molecule has 0 unspecified atom stereocenters. The lowest BCUT2D eigenvalue weighted by Gasteiger charge is -2.19. The third-order valence-electron chi connectivity index (χ3n) is 2.41. The number of aromatic nitrogens is 1. The second-order valence-corrected chi connectivity index (χ2v) is 4.88. The van der Waals surface area contributed by atoms with Crippen LogP contribution in [0, 0.1) is 6.92 Å². The molecule has 5 heteroatoms. The molecule has 1 aromatic heterocycles. The zero-order valence-electron chi connectivity index (χ0n) is 10.2. The monoisotopic (exact) mass is 237 g/mol. The zero-order valence-corrected chi connectivity index (χ0v) is 10.2. The Balaban J connectivity index is 3.58. The first-order valence-corrected chi connectivity index (χ1v) is 5.13. The topological polar surface area (TPSA) is 87.5 Å². The first kappa shape index (κ1) is 13.2. The molecule has 2 N–H and O–H groups in total. The van der Waals surface area contributed by atoms with Gasteiger partial charge in [-0.15, -0.1) is 0 Å². The summed E-state index contributed by atoms with van der Waals surface area (Å²) in [5, 5.41) is 18.0. The SMILES string of the molecule is Cc1nc(C(C)(C)C)cc(C(=O)O)c1C(=O)O. The highest BCUT2D eigenvalue weighted by Crippen LogP contribution is 2.24. The predicted octanol–water partition coefficient (Wildman–Crippen LogP) is 2.08. The van der Waals surface area contributed by atoms with E-state index in [4.69, 9.17) is 10.2 Å². The first-order valence-electron chi connectivity index (χ1n) is 5.13. The lowest BCUT2D eigenvalue weighted by atomic mass is 9.89. The van der Waals surface area contributed by atoms with E-state index in [-0.39, 0.29) is 22.2 Å². The van der Waals surface area contributed by atoms with Crippen molar-refractivity contribution in [3.05, 3.63) is 28.6 Å². The van der Waals surface area contributed by atoms with Gasteiger partial charge >= 0.3 is 11.9 Å². The maximum absolute atomic E-state index is 11.1. The Bertz CT molecular complexity index is 486. The van der Waals surface area contributed by atoms with Crippen LogP contribution in [0.15, 0.2) is 6.07 Å². The fraction of sp³-hybridized carbons (Fsp3) is 0.417. The van der Waals surface area contributed by atoms with Gasteiger partial charge in [0.15, 0.2) is 0 Å². The van der Waals surface area contributed by atoms with E-state index in [1.165, 1.54) is 13.0 Å². The van der Waals surface area contributed by atoms with Crippen molar-refractivity contribution in [2.45, 2.75) is 33.1 Å². The molecule has 1 rings (SSSR count). The zero-order chi connectivity index (χ0) is 13.4. The molecule has 0 fully saturated rings. The van der Waals surface area contributed by atoms with Gasteiger partial charge in [0.2, 0.25) is 0 Å². The molecule has 0 saturated carbocycles. The van der Waals surface area contributed by atoms with E-state index in [1.807, 2.05) is 20.8 Å². The molecule has 17 heavy (non-hydrogen) atoms. The summed E-state index contributed by atoms with van der Waals surface area (Å²) in [6, 6.07) is 1.33. The highest BCUT2D eigenvalue weighted by atomic mass is 16.4. The Hall–Kier alpha value is -1.91. The van der Waals surface area contributed by atoms with Crippen molar-refractivity contribution in [1.82, 2.24) is 4.98 Å². The number of carbonyl (C=O) groups is 2. The van der Waals surface area contributed by atoms with Crippen LogP contribution >= 0.6 is 0 Å². The minimum absolute atomic E-state index is 0.213. The van der Waals surface area contributed by atoms with Gasteiger partial charge in [-0.05, 0) is 13.0 Å². The average Bonchev–Trinajstić information content (AvgIpc) is 2.13. The normalized spacial score (nSPS) is 11.3. The molecule has 0 aliphatic heterocycles. The summed E-state index contributed by atoms with van der Waals surface area (Å²) < 4.78 is 0. The molecule has 5 nitrogen and oxygen atoms in total. The van der Waals surface area contributed by atoms with E-state index >= 15 is 0 Å². The van der Waals surface area contributed by atoms with Crippen LogP contribution in [0.5, 0.6) is 0 Å². The summed E-state index contributed by atoms with van der Waals surface area (Å²) in [5.74, 6) is -2.52. The highest BCUT2D eigenvalue weighted by Gasteiger charge is 2.24. The van der Waals surface area contributed by atoms with Gasteiger partial charge in [0.1, 0.15) is 0 Å². The van der Waals surface area contributed by atoms with Gasteiger partial charge in [0.25, 0.3) is 0 Å². The van der Waals surface area contributed by atoms with Crippen LogP contribution in [0.4, 0.5) is 0 Å². The molecule has 0 aliphatic carbocycles. The molecule has 0 aromatic carbocycles. The van der Waals surface area contributed by atoms with Crippen molar-refractivity contribution in [2.24, 2.45) is 0 Å². The molecule has 1 heterocycles. The predicted molar refractivity (Wildman–Crippen MR) is 61.6 cm³/mol. The minimum Gasteiger partial charge on any atom is -0.478 e. The molecule has 1 aromatic rings. The summed E-state index contributed by atoms with van der Waals surface area (Å²) in [7, 11) is 0. The second-order valence-electron chi connectivity index (χ2n) is 4.88. The molecule has 0 aliphatic rings. The Labute approximate surface area is 99.1 Å². The van der Waals surface area contributed by atoms with Gasteiger partial charge < -0.3 is 10.2 Å². The van der Waals surface area contributed by atoms with Crippen molar-refractivity contribution in [3.63, 3.8) is 0 Å². The van der Waals surface area contributed by atoms with Crippen LogP contribution < -0.4 is 0 Å². The molecule has 0 atom stereocenters. The summed E-state index contributed by atoms with van der Waals surface area (Å²) in [6.07, 6.45) is 0. The third-order valence-corrected chi connectivity index (χ3v) is 2.41. The molecule has 92 valence electrons. The van der Waals surface area contributed by atoms with E-state index in [2.05, 4.69) is 4.98 Å². The van der Waals surface area contributed by atoms with Crippen molar-refractivity contribution in [2.75, 3.05) is 0 Å². The third kappa shape index (κ3) is 2.61. The fourth-order valence-electron chi connectivity index (χ4n) is 1.50.